The fourth-order valence-corrected chi connectivity index (χ4v) is 0.487. The first kappa shape index (κ1) is 8.50. The molecule has 0 amide bonds. The molecule has 0 bridgehead atoms. The first-order chi connectivity index (χ1) is 4.20. The van der Waals surface area contributed by atoms with Crippen molar-refractivity contribution >= 4 is 0 Å². The summed E-state index contributed by atoms with van der Waals surface area (Å²) >= 11 is 0. The number of hydrogen-bond acceptors (Lipinski definition) is 2. The fraction of sp³-hybridized carbons (Fsp3) is 0.714. The molecule has 0 aliphatic carbocycles. The molecule has 0 aliphatic heterocycles. The van der Waals surface area contributed by atoms with Gasteiger partial charge in [-0.3, -0.25) is 0 Å². The first-order valence-electron chi connectivity index (χ1n) is 2.95. The van der Waals surface area contributed by atoms with Gasteiger partial charge in [-0.15, -0.1) is 0 Å². The minimum Gasteiger partial charge on any atom is -0.502 e. The Balaban J connectivity index is 3.34. The predicted octanol–water partition coefficient (Wildman–Crippen LogP) is 1.57. The minimum absolute atomic E-state index is 0.206. The monoisotopic (exact) mass is 130 g/mol. The van der Waals surface area contributed by atoms with E-state index >= 15 is 0 Å². The molecule has 1 atom stereocenters. The Kier molecular flexibility index (Phi) is 4.14. The van der Waals surface area contributed by atoms with E-state index in [0.717, 1.165) is 12.2 Å². The second-order valence-electron chi connectivity index (χ2n) is 1.99. The van der Waals surface area contributed by atoms with Crippen LogP contribution in [-0.4, -0.2) is 20.3 Å². The Morgan fingerprint density at radius 3 is 2.44 bits per heavy atom. The highest BCUT2D eigenvalue weighted by molar-refractivity contribution is 4.83. The van der Waals surface area contributed by atoms with Gasteiger partial charge in [0.25, 0.3) is 0 Å². The predicted molar refractivity (Wildman–Crippen MR) is 37.2 cm³/mol. The normalized spacial score (nSPS) is 12.8. The van der Waals surface area contributed by atoms with E-state index in [4.69, 9.17) is 9.47 Å². The van der Waals surface area contributed by atoms with Gasteiger partial charge in [0.15, 0.2) is 0 Å². The third-order valence-electron chi connectivity index (χ3n) is 1.21. The molecule has 2 heteroatoms. The Labute approximate surface area is 56.5 Å². The molecule has 0 heterocycles. The Morgan fingerprint density at radius 1 is 1.56 bits per heavy atom. The number of methoxy groups -OCH3 is 2. The van der Waals surface area contributed by atoms with E-state index in [-0.39, 0.29) is 6.10 Å². The van der Waals surface area contributed by atoms with Gasteiger partial charge >= 0.3 is 0 Å². The fourth-order valence-electron chi connectivity index (χ4n) is 0.487. The van der Waals surface area contributed by atoms with E-state index in [1.165, 1.54) is 0 Å². The van der Waals surface area contributed by atoms with Crippen LogP contribution in [0, 0.1) is 0 Å². The summed E-state index contributed by atoms with van der Waals surface area (Å²) in [6.45, 7) is 5.64. The van der Waals surface area contributed by atoms with Crippen LogP contribution in [0.1, 0.15) is 13.3 Å². The molecule has 0 saturated heterocycles. The van der Waals surface area contributed by atoms with Gasteiger partial charge in [0, 0.05) is 13.5 Å². The molecule has 0 fully saturated rings. The molecule has 0 radical (unpaired) electrons. The van der Waals surface area contributed by atoms with Gasteiger partial charge < -0.3 is 9.47 Å². The summed E-state index contributed by atoms with van der Waals surface area (Å²) in [6, 6.07) is 0. The lowest BCUT2D eigenvalue weighted by atomic mass is 10.2. The van der Waals surface area contributed by atoms with Crippen LogP contribution < -0.4 is 0 Å². The van der Waals surface area contributed by atoms with Gasteiger partial charge in [-0.2, -0.15) is 0 Å². The van der Waals surface area contributed by atoms with Crippen molar-refractivity contribution in [3.63, 3.8) is 0 Å². The summed E-state index contributed by atoms with van der Waals surface area (Å²) in [4.78, 5) is 0. The minimum atomic E-state index is 0.206. The van der Waals surface area contributed by atoms with Gasteiger partial charge in [-0.25, -0.2) is 0 Å². The molecule has 0 aromatic carbocycles. The molecule has 0 saturated carbocycles. The second-order valence-corrected chi connectivity index (χ2v) is 1.99. The van der Waals surface area contributed by atoms with Crippen LogP contribution in [0.3, 0.4) is 0 Å². The summed E-state index contributed by atoms with van der Waals surface area (Å²) in [5, 5.41) is 0. The van der Waals surface area contributed by atoms with Gasteiger partial charge in [-0.05, 0) is 6.92 Å². The smallest absolute Gasteiger partial charge is 0.0909 e. The SMILES string of the molecule is C=C(CC(C)OC)OC. The average Bonchev–Trinajstić information content (AvgIpc) is 1.87. The van der Waals surface area contributed by atoms with E-state index in [1.54, 1.807) is 14.2 Å². The first-order valence-corrected chi connectivity index (χ1v) is 2.95. The average molecular weight is 130 g/mol. The van der Waals surface area contributed by atoms with Crippen LogP contribution in [0.15, 0.2) is 12.3 Å². The van der Waals surface area contributed by atoms with Crippen molar-refractivity contribution in [2.24, 2.45) is 0 Å². The van der Waals surface area contributed by atoms with Gasteiger partial charge in [0.1, 0.15) is 0 Å². The number of ether oxygens (including phenoxy) is 2. The Hall–Kier alpha value is -0.500. The van der Waals surface area contributed by atoms with Gasteiger partial charge in [0.2, 0.25) is 0 Å². The molecule has 0 aliphatic rings. The van der Waals surface area contributed by atoms with E-state index in [1.807, 2.05) is 6.92 Å². The van der Waals surface area contributed by atoms with Crippen molar-refractivity contribution in [1.29, 1.82) is 0 Å². The third kappa shape index (κ3) is 4.03. The zero-order valence-electron chi connectivity index (χ0n) is 6.31. The van der Waals surface area contributed by atoms with Crippen LogP contribution in [0.2, 0.25) is 0 Å². The molecule has 0 aromatic rings. The van der Waals surface area contributed by atoms with Crippen LogP contribution in [0.4, 0.5) is 0 Å². The van der Waals surface area contributed by atoms with Gasteiger partial charge in [0.05, 0.1) is 19.0 Å². The van der Waals surface area contributed by atoms with Crippen molar-refractivity contribution in [2.45, 2.75) is 19.4 Å². The summed E-state index contributed by atoms with van der Waals surface area (Å²) in [6.07, 6.45) is 0.977. The molecule has 0 N–H and O–H groups in total. The Bertz CT molecular complexity index is 88.9. The highest BCUT2D eigenvalue weighted by Gasteiger charge is 2.00. The van der Waals surface area contributed by atoms with Crippen LogP contribution in [0.25, 0.3) is 0 Å². The van der Waals surface area contributed by atoms with E-state index in [9.17, 15) is 0 Å². The molecule has 0 rings (SSSR count). The lowest BCUT2D eigenvalue weighted by Gasteiger charge is -2.09. The molecule has 54 valence electrons. The highest BCUT2D eigenvalue weighted by Crippen LogP contribution is 2.04. The molecule has 2 nitrogen and oxygen atoms in total. The summed E-state index contributed by atoms with van der Waals surface area (Å²) in [5.74, 6) is 0.768. The maximum Gasteiger partial charge on any atom is 0.0909 e. The molecular weight excluding hydrogens is 116 g/mol. The molecule has 0 spiro atoms. The van der Waals surface area contributed by atoms with E-state index < -0.39 is 0 Å². The molecule has 0 aromatic heterocycles. The topological polar surface area (TPSA) is 18.5 Å². The molecule has 9 heavy (non-hydrogen) atoms. The quantitative estimate of drug-likeness (QED) is 0.538. The molecule has 1 unspecified atom stereocenters. The third-order valence-corrected chi connectivity index (χ3v) is 1.21. The lowest BCUT2D eigenvalue weighted by Crippen LogP contribution is -2.05. The maximum absolute atomic E-state index is 4.98. The highest BCUT2D eigenvalue weighted by atomic mass is 16.5. The zero-order valence-corrected chi connectivity index (χ0v) is 6.31. The second kappa shape index (κ2) is 4.39. The van der Waals surface area contributed by atoms with Crippen LogP contribution in [-0.2, 0) is 9.47 Å². The standard InChI is InChI=1S/C7H14O2/c1-6(8-3)5-7(2)9-4/h7H,1,5H2,2-4H3. The van der Waals surface area contributed by atoms with Crippen LogP contribution >= 0.6 is 0 Å². The summed E-state index contributed by atoms with van der Waals surface area (Å²) < 4.78 is 9.83. The van der Waals surface area contributed by atoms with Crippen molar-refractivity contribution in [3.05, 3.63) is 12.3 Å². The lowest BCUT2D eigenvalue weighted by molar-refractivity contribution is 0.103. The van der Waals surface area contributed by atoms with E-state index in [2.05, 4.69) is 6.58 Å². The van der Waals surface area contributed by atoms with Crippen molar-refractivity contribution < 1.29 is 9.47 Å². The summed E-state index contributed by atoms with van der Waals surface area (Å²) in [5.41, 5.74) is 0. The van der Waals surface area contributed by atoms with Crippen molar-refractivity contribution in [1.82, 2.24) is 0 Å². The van der Waals surface area contributed by atoms with Gasteiger partial charge in [-0.1, -0.05) is 6.58 Å². The van der Waals surface area contributed by atoms with Crippen molar-refractivity contribution in [3.8, 4) is 0 Å². The largest absolute Gasteiger partial charge is 0.502 e. The van der Waals surface area contributed by atoms with Crippen molar-refractivity contribution in [2.75, 3.05) is 14.2 Å². The van der Waals surface area contributed by atoms with Crippen LogP contribution in [0.5, 0.6) is 0 Å². The summed E-state index contributed by atoms with van der Waals surface area (Å²) in [7, 11) is 3.29. The van der Waals surface area contributed by atoms with E-state index in [0.29, 0.717) is 0 Å². The number of hydrogen-bond donors (Lipinski definition) is 0. The Morgan fingerprint density at radius 2 is 2.11 bits per heavy atom. The maximum atomic E-state index is 4.98. The number of rotatable bonds is 4. The molecular formula is C7H14O2. The zero-order chi connectivity index (χ0) is 7.28.